The number of phenols is 1. The first-order chi connectivity index (χ1) is 7.66. The highest BCUT2D eigenvalue weighted by atomic mass is 16.5. The lowest BCUT2D eigenvalue weighted by Crippen LogP contribution is -2.35. The molecule has 0 radical (unpaired) electrons. The molecule has 2 rings (SSSR count). The SMILES string of the molecule is Cc1cc(O)ccc1C(=O)NC1CCOC1. The van der Waals surface area contributed by atoms with Crippen molar-refractivity contribution in [2.45, 2.75) is 19.4 Å². The number of carbonyl (C=O) groups is 1. The molecule has 1 atom stereocenters. The van der Waals surface area contributed by atoms with Crippen molar-refractivity contribution in [3.63, 3.8) is 0 Å². The van der Waals surface area contributed by atoms with Crippen LogP contribution in [-0.4, -0.2) is 30.3 Å². The van der Waals surface area contributed by atoms with Gasteiger partial charge in [0.15, 0.2) is 0 Å². The lowest BCUT2D eigenvalue weighted by atomic mass is 10.1. The normalized spacial score (nSPS) is 19.7. The number of nitrogens with one attached hydrogen (secondary N) is 1. The quantitative estimate of drug-likeness (QED) is 0.789. The summed E-state index contributed by atoms with van der Waals surface area (Å²) in [5.74, 6) is 0.0752. The molecule has 86 valence electrons. The highest BCUT2D eigenvalue weighted by Crippen LogP contribution is 2.16. The van der Waals surface area contributed by atoms with Gasteiger partial charge in [-0.25, -0.2) is 0 Å². The molecule has 2 N–H and O–H groups in total. The van der Waals surface area contributed by atoms with Gasteiger partial charge in [0.1, 0.15) is 5.75 Å². The maximum absolute atomic E-state index is 11.9. The Labute approximate surface area is 94.2 Å². The van der Waals surface area contributed by atoms with Gasteiger partial charge in [0.25, 0.3) is 5.91 Å². The first-order valence-corrected chi connectivity index (χ1v) is 5.35. The number of ether oxygens (including phenoxy) is 1. The van der Waals surface area contributed by atoms with Crippen molar-refractivity contribution in [2.75, 3.05) is 13.2 Å². The topological polar surface area (TPSA) is 58.6 Å². The largest absolute Gasteiger partial charge is 0.508 e. The highest BCUT2D eigenvalue weighted by molar-refractivity contribution is 5.96. The van der Waals surface area contributed by atoms with Gasteiger partial charge >= 0.3 is 0 Å². The molecule has 1 aliphatic rings. The van der Waals surface area contributed by atoms with Gasteiger partial charge in [0.2, 0.25) is 0 Å². The van der Waals surface area contributed by atoms with Crippen LogP contribution in [0.15, 0.2) is 18.2 Å². The minimum atomic E-state index is -0.104. The summed E-state index contributed by atoms with van der Waals surface area (Å²) in [7, 11) is 0. The number of amides is 1. The van der Waals surface area contributed by atoms with Crippen molar-refractivity contribution in [2.24, 2.45) is 0 Å². The van der Waals surface area contributed by atoms with Crippen molar-refractivity contribution in [3.8, 4) is 5.75 Å². The van der Waals surface area contributed by atoms with Crippen molar-refractivity contribution < 1.29 is 14.6 Å². The van der Waals surface area contributed by atoms with Crippen LogP contribution in [0.1, 0.15) is 22.3 Å². The molecule has 1 unspecified atom stereocenters. The van der Waals surface area contributed by atoms with Gasteiger partial charge in [-0.2, -0.15) is 0 Å². The summed E-state index contributed by atoms with van der Waals surface area (Å²) in [5.41, 5.74) is 1.38. The number of hydrogen-bond donors (Lipinski definition) is 2. The molecule has 0 saturated carbocycles. The first kappa shape index (κ1) is 11.0. The summed E-state index contributed by atoms with van der Waals surface area (Å²) in [6, 6.07) is 4.85. The lowest BCUT2D eigenvalue weighted by molar-refractivity contribution is 0.0929. The van der Waals surface area contributed by atoms with Crippen LogP contribution < -0.4 is 5.32 Å². The van der Waals surface area contributed by atoms with Crippen LogP contribution in [0.3, 0.4) is 0 Å². The summed E-state index contributed by atoms with van der Waals surface area (Å²) in [6.07, 6.45) is 0.864. The van der Waals surface area contributed by atoms with Crippen LogP contribution in [0.25, 0.3) is 0 Å². The molecule has 1 amide bonds. The third-order valence-corrected chi connectivity index (χ3v) is 2.72. The van der Waals surface area contributed by atoms with Crippen molar-refractivity contribution in [3.05, 3.63) is 29.3 Å². The zero-order valence-electron chi connectivity index (χ0n) is 9.19. The van der Waals surface area contributed by atoms with E-state index >= 15 is 0 Å². The molecule has 0 aliphatic carbocycles. The van der Waals surface area contributed by atoms with Crippen LogP contribution in [0.2, 0.25) is 0 Å². The Morgan fingerprint density at radius 3 is 3.00 bits per heavy atom. The summed E-state index contributed by atoms with van der Waals surface area (Å²) < 4.78 is 5.19. The minimum Gasteiger partial charge on any atom is -0.508 e. The fraction of sp³-hybridized carbons (Fsp3) is 0.417. The zero-order valence-corrected chi connectivity index (χ0v) is 9.19. The van der Waals surface area contributed by atoms with Crippen LogP contribution in [0.5, 0.6) is 5.75 Å². The monoisotopic (exact) mass is 221 g/mol. The molecule has 0 spiro atoms. The Kier molecular flexibility index (Phi) is 3.10. The Morgan fingerprint density at radius 1 is 1.56 bits per heavy atom. The molecule has 1 saturated heterocycles. The molecule has 1 aromatic rings. The average Bonchev–Trinajstić information content (AvgIpc) is 2.70. The molecule has 16 heavy (non-hydrogen) atoms. The van der Waals surface area contributed by atoms with Crippen molar-refractivity contribution in [1.82, 2.24) is 5.32 Å². The van der Waals surface area contributed by atoms with Crippen LogP contribution >= 0.6 is 0 Å². The zero-order chi connectivity index (χ0) is 11.5. The van der Waals surface area contributed by atoms with Gasteiger partial charge in [-0.1, -0.05) is 0 Å². The van der Waals surface area contributed by atoms with E-state index in [4.69, 9.17) is 4.74 Å². The number of hydrogen-bond acceptors (Lipinski definition) is 3. The summed E-state index contributed by atoms with van der Waals surface area (Å²) in [5, 5.41) is 12.2. The number of aryl methyl sites for hydroxylation is 1. The van der Waals surface area contributed by atoms with Crippen LogP contribution in [-0.2, 0) is 4.74 Å². The third kappa shape index (κ3) is 2.33. The maximum atomic E-state index is 11.9. The Bertz CT molecular complexity index is 397. The van der Waals surface area contributed by atoms with E-state index in [1.807, 2.05) is 0 Å². The molecule has 1 fully saturated rings. The van der Waals surface area contributed by atoms with E-state index in [1.165, 1.54) is 6.07 Å². The van der Waals surface area contributed by atoms with E-state index in [0.717, 1.165) is 12.0 Å². The van der Waals surface area contributed by atoms with E-state index in [1.54, 1.807) is 19.1 Å². The van der Waals surface area contributed by atoms with Gasteiger partial charge in [-0.05, 0) is 37.1 Å². The van der Waals surface area contributed by atoms with Gasteiger partial charge in [-0.15, -0.1) is 0 Å². The summed E-state index contributed by atoms with van der Waals surface area (Å²) in [4.78, 5) is 11.9. The molecule has 1 aromatic carbocycles. The molecule has 4 nitrogen and oxygen atoms in total. The summed E-state index contributed by atoms with van der Waals surface area (Å²) in [6.45, 7) is 3.10. The fourth-order valence-corrected chi connectivity index (χ4v) is 1.81. The molecule has 0 bridgehead atoms. The second-order valence-electron chi connectivity index (χ2n) is 4.03. The summed E-state index contributed by atoms with van der Waals surface area (Å²) >= 11 is 0. The first-order valence-electron chi connectivity index (χ1n) is 5.35. The Hall–Kier alpha value is -1.55. The number of rotatable bonds is 2. The predicted octanol–water partition coefficient (Wildman–Crippen LogP) is 1.22. The average molecular weight is 221 g/mol. The van der Waals surface area contributed by atoms with Gasteiger partial charge in [-0.3, -0.25) is 4.79 Å². The smallest absolute Gasteiger partial charge is 0.251 e. The molecule has 4 heteroatoms. The van der Waals surface area contributed by atoms with Gasteiger partial charge in [0, 0.05) is 12.2 Å². The van der Waals surface area contributed by atoms with E-state index in [0.29, 0.717) is 18.8 Å². The fourth-order valence-electron chi connectivity index (χ4n) is 1.81. The lowest BCUT2D eigenvalue weighted by Gasteiger charge is -2.12. The van der Waals surface area contributed by atoms with E-state index in [9.17, 15) is 9.90 Å². The Morgan fingerprint density at radius 2 is 2.38 bits per heavy atom. The third-order valence-electron chi connectivity index (χ3n) is 2.72. The predicted molar refractivity (Wildman–Crippen MR) is 59.5 cm³/mol. The molecular formula is C12H15NO3. The van der Waals surface area contributed by atoms with E-state index < -0.39 is 0 Å². The minimum absolute atomic E-state index is 0.104. The number of phenolic OH excluding ortho intramolecular Hbond substituents is 1. The number of benzene rings is 1. The van der Waals surface area contributed by atoms with Crippen molar-refractivity contribution in [1.29, 1.82) is 0 Å². The van der Waals surface area contributed by atoms with E-state index in [2.05, 4.69) is 5.32 Å². The van der Waals surface area contributed by atoms with Crippen LogP contribution in [0.4, 0.5) is 0 Å². The second-order valence-corrected chi connectivity index (χ2v) is 4.03. The maximum Gasteiger partial charge on any atom is 0.251 e. The molecule has 1 heterocycles. The highest BCUT2D eigenvalue weighted by Gasteiger charge is 2.19. The van der Waals surface area contributed by atoms with Crippen LogP contribution in [0, 0.1) is 6.92 Å². The number of aromatic hydroxyl groups is 1. The molecular weight excluding hydrogens is 206 g/mol. The van der Waals surface area contributed by atoms with Gasteiger partial charge in [0.05, 0.1) is 12.6 Å². The Balaban J connectivity index is 2.08. The number of carbonyl (C=O) groups excluding carboxylic acids is 1. The molecule has 0 aromatic heterocycles. The standard InChI is InChI=1S/C12H15NO3/c1-8-6-10(14)2-3-11(8)12(15)13-9-4-5-16-7-9/h2-3,6,9,14H,4-5,7H2,1H3,(H,13,15). The van der Waals surface area contributed by atoms with Crippen molar-refractivity contribution >= 4 is 5.91 Å². The second kappa shape index (κ2) is 4.53. The van der Waals surface area contributed by atoms with E-state index in [-0.39, 0.29) is 17.7 Å². The van der Waals surface area contributed by atoms with Gasteiger partial charge < -0.3 is 15.2 Å². The molecule has 1 aliphatic heterocycles.